The topological polar surface area (TPSA) is 67.2 Å². The zero-order chi connectivity index (χ0) is 19.8. The summed E-state index contributed by atoms with van der Waals surface area (Å²) < 4.78 is 2.25. The molecule has 146 valence electrons. The van der Waals surface area contributed by atoms with Gasteiger partial charge in [0.15, 0.2) is 0 Å². The van der Waals surface area contributed by atoms with Crippen LogP contribution < -0.4 is 5.32 Å². The van der Waals surface area contributed by atoms with E-state index in [1.165, 1.54) is 41.9 Å². The Morgan fingerprint density at radius 1 is 1.31 bits per heavy atom. The Kier molecular flexibility index (Phi) is 13.9. The van der Waals surface area contributed by atoms with Crippen molar-refractivity contribution in [2.24, 2.45) is 0 Å². The van der Waals surface area contributed by atoms with Crippen molar-refractivity contribution in [3.8, 4) is 0 Å². The van der Waals surface area contributed by atoms with Crippen LogP contribution in [0.3, 0.4) is 0 Å². The smallest absolute Gasteiger partial charge is 0.290 e. The van der Waals surface area contributed by atoms with Crippen LogP contribution >= 0.6 is 0 Å². The van der Waals surface area contributed by atoms with Gasteiger partial charge in [0.25, 0.3) is 6.47 Å². The van der Waals surface area contributed by atoms with Crippen molar-refractivity contribution in [2.45, 2.75) is 59.3 Å². The molecule has 0 aliphatic carbocycles. The van der Waals surface area contributed by atoms with Crippen molar-refractivity contribution in [2.75, 3.05) is 13.6 Å². The second kappa shape index (κ2) is 15.1. The van der Waals surface area contributed by atoms with Crippen molar-refractivity contribution in [1.82, 2.24) is 14.9 Å². The lowest BCUT2D eigenvalue weighted by Gasteiger charge is -2.20. The van der Waals surface area contributed by atoms with Gasteiger partial charge in [-0.05, 0) is 64.3 Å². The summed E-state index contributed by atoms with van der Waals surface area (Å²) in [6.07, 6.45) is 15.2. The molecule has 0 saturated carbocycles. The molecule has 2 N–H and O–H groups in total. The molecule has 1 aromatic rings. The number of fused-ring (bicyclic) bond motifs is 1. The fourth-order valence-electron chi connectivity index (χ4n) is 2.95. The van der Waals surface area contributed by atoms with Crippen LogP contribution in [0.25, 0.3) is 5.70 Å². The van der Waals surface area contributed by atoms with Gasteiger partial charge in [-0.15, -0.1) is 0 Å². The molecule has 1 aliphatic rings. The summed E-state index contributed by atoms with van der Waals surface area (Å²) in [5, 5.41) is 10.1. The number of aromatic nitrogens is 2. The summed E-state index contributed by atoms with van der Waals surface area (Å²) in [6, 6.07) is 0. The van der Waals surface area contributed by atoms with Crippen molar-refractivity contribution in [1.29, 1.82) is 0 Å². The summed E-state index contributed by atoms with van der Waals surface area (Å²) in [7, 11) is 2.01. The highest BCUT2D eigenvalue weighted by Crippen LogP contribution is 2.29. The number of allylic oxidation sites excluding steroid dienone is 5. The largest absolute Gasteiger partial charge is 0.483 e. The number of nitrogens with one attached hydrogen (secondary N) is 1. The van der Waals surface area contributed by atoms with Gasteiger partial charge < -0.3 is 15.0 Å². The van der Waals surface area contributed by atoms with E-state index in [9.17, 15) is 0 Å². The summed E-state index contributed by atoms with van der Waals surface area (Å²) >= 11 is 0. The first-order valence-corrected chi connectivity index (χ1v) is 9.49. The second-order valence-corrected chi connectivity index (χ2v) is 5.64. The average Bonchev–Trinajstić information content (AvgIpc) is 3.08. The van der Waals surface area contributed by atoms with E-state index in [0.29, 0.717) is 0 Å². The van der Waals surface area contributed by atoms with Crippen LogP contribution in [0.4, 0.5) is 0 Å². The zero-order valence-electron chi connectivity index (χ0n) is 16.8. The second-order valence-electron chi connectivity index (χ2n) is 5.64. The van der Waals surface area contributed by atoms with E-state index in [-0.39, 0.29) is 6.47 Å². The summed E-state index contributed by atoms with van der Waals surface area (Å²) in [5.74, 6) is 0. The molecule has 26 heavy (non-hydrogen) atoms. The van der Waals surface area contributed by atoms with E-state index in [2.05, 4.69) is 40.5 Å². The molecule has 1 aromatic heterocycles. The van der Waals surface area contributed by atoms with Crippen molar-refractivity contribution < 1.29 is 9.90 Å². The van der Waals surface area contributed by atoms with E-state index >= 15 is 0 Å². The highest BCUT2D eigenvalue weighted by molar-refractivity contribution is 5.66. The number of aryl methyl sites for hydroxylation is 1. The summed E-state index contributed by atoms with van der Waals surface area (Å²) in [4.78, 5) is 13.0. The molecule has 0 aromatic carbocycles. The first-order valence-electron chi connectivity index (χ1n) is 9.49. The maximum absolute atomic E-state index is 8.36. The molecule has 5 nitrogen and oxygen atoms in total. The first kappa shape index (κ1) is 23.9. The van der Waals surface area contributed by atoms with E-state index < -0.39 is 0 Å². The fourth-order valence-corrected chi connectivity index (χ4v) is 2.95. The minimum absolute atomic E-state index is 0.250. The molecular weight excluding hydrogens is 326 g/mol. The Balaban J connectivity index is 0.00000113. The molecule has 0 radical (unpaired) electrons. The number of nitrogens with zero attached hydrogens (tertiary/aromatic N) is 2. The quantitative estimate of drug-likeness (QED) is 0.530. The van der Waals surface area contributed by atoms with E-state index in [4.69, 9.17) is 9.90 Å². The van der Waals surface area contributed by atoms with E-state index in [1.807, 2.05) is 33.3 Å². The van der Waals surface area contributed by atoms with Crippen LogP contribution in [0.1, 0.15) is 57.8 Å². The van der Waals surface area contributed by atoms with Crippen molar-refractivity contribution in [3.05, 3.63) is 48.1 Å². The van der Waals surface area contributed by atoms with Gasteiger partial charge in [-0.3, -0.25) is 4.79 Å². The predicted octanol–water partition coefficient (Wildman–Crippen LogP) is 4.46. The lowest BCUT2D eigenvalue weighted by molar-refractivity contribution is -0.122. The van der Waals surface area contributed by atoms with Gasteiger partial charge in [0.2, 0.25) is 0 Å². The van der Waals surface area contributed by atoms with Crippen molar-refractivity contribution >= 4 is 12.2 Å². The molecule has 0 atom stereocenters. The lowest BCUT2D eigenvalue weighted by Crippen LogP contribution is -2.10. The number of carboxylic acid groups (broad SMARTS) is 1. The molecule has 2 heterocycles. The van der Waals surface area contributed by atoms with Gasteiger partial charge in [-0.2, -0.15) is 0 Å². The highest BCUT2D eigenvalue weighted by atomic mass is 16.3. The lowest BCUT2D eigenvalue weighted by atomic mass is 9.99. The highest BCUT2D eigenvalue weighted by Gasteiger charge is 2.19. The summed E-state index contributed by atoms with van der Waals surface area (Å²) in [6.45, 7) is 10.9. The number of rotatable bonds is 8. The van der Waals surface area contributed by atoms with Crippen LogP contribution in [0.15, 0.2) is 36.7 Å². The Morgan fingerprint density at radius 2 is 2.00 bits per heavy atom. The third kappa shape index (κ3) is 7.40. The third-order valence-electron chi connectivity index (χ3n) is 4.08. The number of unbranched alkanes of at least 4 members (excludes halogenated alkanes) is 2. The van der Waals surface area contributed by atoms with Gasteiger partial charge in [-0.25, -0.2) is 4.98 Å². The maximum atomic E-state index is 8.36. The minimum atomic E-state index is -0.250. The number of hydrogen-bond acceptors (Lipinski definition) is 3. The average molecular weight is 362 g/mol. The number of imidazole rings is 1. The van der Waals surface area contributed by atoms with Crippen LogP contribution in [0.2, 0.25) is 0 Å². The van der Waals surface area contributed by atoms with Crippen LogP contribution in [-0.2, 0) is 17.6 Å². The van der Waals surface area contributed by atoms with Gasteiger partial charge in [0, 0.05) is 11.4 Å². The molecule has 0 fully saturated rings. The van der Waals surface area contributed by atoms with E-state index in [1.54, 1.807) is 0 Å². The minimum Gasteiger partial charge on any atom is -0.483 e. The molecule has 5 heteroatoms. The molecule has 0 unspecified atom stereocenters. The number of hydrogen-bond donors (Lipinski definition) is 2. The Labute approximate surface area is 158 Å². The fraction of sp³-hybridized carbons (Fsp3) is 0.524. The Bertz CT molecular complexity index is 586. The Morgan fingerprint density at radius 3 is 2.58 bits per heavy atom. The van der Waals surface area contributed by atoms with Crippen molar-refractivity contribution in [3.63, 3.8) is 0 Å². The molecule has 0 spiro atoms. The number of carbonyl (C=O) groups is 1. The standard InChI is InChI=1S/C18H27N3.C2H6.CH2O2/c1-4-9-17-15(5-2)11-12-18-16(20-14-21(17)18)10-7-6-8-13-19-3;1-2;2-1-3/h4-5,9,14,19H,2,6-8,10-13H2,1,3H3;1-2H3;1H,(H,2,3)/b9-4-;;. The van der Waals surface area contributed by atoms with Gasteiger partial charge in [0.1, 0.15) is 0 Å². The van der Waals surface area contributed by atoms with Gasteiger partial charge >= 0.3 is 0 Å². The molecule has 1 aliphatic heterocycles. The van der Waals surface area contributed by atoms with Gasteiger partial charge in [0.05, 0.1) is 12.0 Å². The maximum Gasteiger partial charge on any atom is 0.290 e. The first-order chi connectivity index (χ1) is 12.7. The molecule has 0 saturated heterocycles. The molecule has 0 amide bonds. The molecular formula is C21H35N3O2. The SMILES string of the molecule is C=CC1=C(/C=C\C)n2cnc(CCCCCNC)c2CC1.CC.O=CO. The molecule has 2 rings (SSSR count). The monoisotopic (exact) mass is 361 g/mol. The predicted molar refractivity (Wildman–Crippen MR) is 110 cm³/mol. The van der Waals surface area contributed by atoms with Gasteiger partial charge in [-0.1, -0.05) is 39.0 Å². The van der Waals surface area contributed by atoms with Crippen LogP contribution in [0.5, 0.6) is 0 Å². The van der Waals surface area contributed by atoms with Crippen LogP contribution in [-0.4, -0.2) is 34.7 Å². The third-order valence-corrected chi connectivity index (χ3v) is 4.08. The van der Waals surface area contributed by atoms with Crippen LogP contribution in [0, 0.1) is 0 Å². The normalized spacial score (nSPS) is 12.6. The zero-order valence-corrected chi connectivity index (χ0v) is 16.8. The summed E-state index contributed by atoms with van der Waals surface area (Å²) in [5.41, 5.74) is 5.23. The Hall–Kier alpha value is -2.14. The van der Waals surface area contributed by atoms with E-state index in [0.717, 1.165) is 25.8 Å². The molecule has 0 bridgehead atoms.